The number of carboxylic acid groups (broad SMARTS) is 1. The van der Waals surface area contributed by atoms with Gasteiger partial charge >= 0.3 is 5.97 Å². The molecule has 0 rings (SSSR count). The fourth-order valence-corrected chi connectivity index (χ4v) is 1.58. The van der Waals surface area contributed by atoms with E-state index in [4.69, 9.17) is 26.8 Å². The lowest BCUT2D eigenvalue weighted by Gasteiger charge is -2.21. The van der Waals surface area contributed by atoms with E-state index in [1.165, 1.54) is 0 Å². The second-order valence-corrected chi connectivity index (χ2v) is 4.72. The van der Waals surface area contributed by atoms with Crippen LogP contribution in [0.1, 0.15) is 19.3 Å². The zero-order valence-electron chi connectivity index (χ0n) is 12.2. The lowest BCUT2D eigenvalue weighted by molar-refractivity contribution is -0.142. The molecule has 0 spiro atoms. The molecule has 0 radical (unpaired) electrons. The number of nitrogens with two attached hydrogens (primary N) is 2. The summed E-state index contributed by atoms with van der Waals surface area (Å²) < 4.78 is 0. The summed E-state index contributed by atoms with van der Waals surface area (Å²) in [6, 6.07) is -3.72. The maximum Gasteiger partial charge on any atom is 0.326 e. The Balaban J connectivity index is 4.60. The summed E-state index contributed by atoms with van der Waals surface area (Å²) in [6.45, 7) is -0.943. The third-order valence-corrected chi connectivity index (χ3v) is 2.91. The van der Waals surface area contributed by atoms with E-state index in [1.807, 2.05) is 0 Å². The van der Waals surface area contributed by atoms with E-state index >= 15 is 0 Å². The molecule has 2 amide bonds. The number of hydrogen-bond acceptors (Lipinski definition) is 7. The molecule has 0 aromatic rings. The van der Waals surface area contributed by atoms with E-state index in [0.717, 1.165) is 0 Å². The van der Waals surface area contributed by atoms with Gasteiger partial charge in [-0.25, -0.2) is 4.79 Å². The molecule has 0 aliphatic heterocycles. The second kappa shape index (κ2) is 10.9. The molecule has 0 aliphatic rings. The molecule has 0 unspecified atom stereocenters. The number of unbranched alkanes of at least 4 members (excludes halogenated alkanes) is 1. The second-order valence-electron chi connectivity index (χ2n) is 4.72. The monoisotopic (exact) mass is 320 g/mol. The van der Waals surface area contributed by atoms with Crippen molar-refractivity contribution in [1.29, 1.82) is 0 Å². The SMILES string of the molecule is NCCCC[C@H](NC(=O)[C@H](CO)NC(=O)[C@@H](N)CO)C(=O)O. The van der Waals surface area contributed by atoms with Crippen LogP contribution in [0.2, 0.25) is 0 Å². The molecule has 0 aromatic carbocycles. The molecule has 0 aromatic heterocycles. The van der Waals surface area contributed by atoms with Crippen molar-refractivity contribution in [1.82, 2.24) is 10.6 Å². The molecule has 0 heterocycles. The molecule has 9 N–H and O–H groups in total. The maximum absolute atomic E-state index is 11.9. The van der Waals surface area contributed by atoms with Crippen molar-refractivity contribution in [3.8, 4) is 0 Å². The quantitative estimate of drug-likeness (QED) is 0.191. The Kier molecular flexibility index (Phi) is 10.0. The van der Waals surface area contributed by atoms with Gasteiger partial charge in [0.05, 0.1) is 13.2 Å². The number of carbonyl (C=O) groups is 3. The average molecular weight is 320 g/mol. The van der Waals surface area contributed by atoms with Gasteiger partial charge in [0.2, 0.25) is 11.8 Å². The minimum atomic E-state index is -1.35. The highest BCUT2D eigenvalue weighted by Crippen LogP contribution is 2.01. The molecule has 0 saturated carbocycles. The average Bonchev–Trinajstić information content (AvgIpc) is 2.50. The molecule has 10 nitrogen and oxygen atoms in total. The van der Waals surface area contributed by atoms with Gasteiger partial charge in [-0.15, -0.1) is 0 Å². The van der Waals surface area contributed by atoms with Crippen LogP contribution in [0.5, 0.6) is 0 Å². The van der Waals surface area contributed by atoms with Gasteiger partial charge in [-0.1, -0.05) is 0 Å². The Morgan fingerprint density at radius 2 is 1.55 bits per heavy atom. The zero-order chi connectivity index (χ0) is 17.1. The van der Waals surface area contributed by atoms with Gasteiger partial charge in [-0.2, -0.15) is 0 Å². The number of nitrogens with one attached hydrogen (secondary N) is 2. The van der Waals surface area contributed by atoms with Crippen LogP contribution in [0.4, 0.5) is 0 Å². The van der Waals surface area contributed by atoms with E-state index in [-0.39, 0.29) is 6.42 Å². The zero-order valence-corrected chi connectivity index (χ0v) is 12.2. The van der Waals surface area contributed by atoms with Crippen LogP contribution in [-0.2, 0) is 14.4 Å². The van der Waals surface area contributed by atoms with Gasteiger partial charge in [0.15, 0.2) is 0 Å². The molecule has 0 saturated heterocycles. The van der Waals surface area contributed by atoms with E-state index in [0.29, 0.717) is 19.4 Å². The van der Waals surface area contributed by atoms with Crippen LogP contribution < -0.4 is 22.1 Å². The van der Waals surface area contributed by atoms with Crippen LogP contribution in [0.3, 0.4) is 0 Å². The lowest BCUT2D eigenvalue weighted by Crippen LogP contribution is -2.56. The largest absolute Gasteiger partial charge is 0.480 e. The summed E-state index contributed by atoms with van der Waals surface area (Å²) >= 11 is 0. The number of aliphatic hydroxyl groups excluding tert-OH is 2. The van der Waals surface area contributed by atoms with Crippen molar-refractivity contribution in [2.45, 2.75) is 37.4 Å². The van der Waals surface area contributed by atoms with Crippen LogP contribution in [0, 0.1) is 0 Å². The lowest BCUT2D eigenvalue weighted by atomic mass is 10.1. The summed E-state index contributed by atoms with van der Waals surface area (Å²) in [5.74, 6) is -2.90. The minimum absolute atomic E-state index is 0.181. The minimum Gasteiger partial charge on any atom is -0.480 e. The first-order chi connectivity index (χ1) is 10.4. The van der Waals surface area contributed by atoms with Crippen molar-refractivity contribution >= 4 is 17.8 Å². The molecule has 10 heteroatoms. The number of carbonyl (C=O) groups excluding carboxylic acids is 2. The van der Waals surface area contributed by atoms with Gasteiger partial charge in [-0.05, 0) is 25.8 Å². The van der Waals surface area contributed by atoms with Gasteiger partial charge in [-0.3, -0.25) is 9.59 Å². The highest BCUT2D eigenvalue weighted by atomic mass is 16.4. The number of amides is 2. The van der Waals surface area contributed by atoms with Gasteiger partial charge in [0, 0.05) is 0 Å². The van der Waals surface area contributed by atoms with E-state index < -0.39 is 49.1 Å². The van der Waals surface area contributed by atoms with Gasteiger partial charge in [0.1, 0.15) is 18.1 Å². The predicted molar refractivity (Wildman–Crippen MR) is 76.5 cm³/mol. The van der Waals surface area contributed by atoms with Crippen LogP contribution in [-0.4, -0.2) is 71.0 Å². The topological polar surface area (TPSA) is 188 Å². The standard InChI is InChI=1S/C12H24N4O6/c13-4-2-1-3-8(12(21)22)15-11(20)9(6-18)16-10(19)7(14)5-17/h7-9,17-18H,1-6,13-14H2,(H,15,20)(H,16,19)(H,21,22)/t7-,8-,9-/m0/s1. The van der Waals surface area contributed by atoms with Crippen LogP contribution in [0.25, 0.3) is 0 Å². The van der Waals surface area contributed by atoms with Crippen LogP contribution >= 0.6 is 0 Å². The van der Waals surface area contributed by atoms with E-state index in [9.17, 15) is 14.4 Å². The first-order valence-electron chi connectivity index (χ1n) is 6.88. The number of hydrogen-bond donors (Lipinski definition) is 7. The van der Waals surface area contributed by atoms with Crippen molar-refractivity contribution in [3.63, 3.8) is 0 Å². The van der Waals surface area contributed by atoms with Crippen molar-refractivity contribution in [2.75, 3.05) is 19.8 Å². The van der Waals surface area contributed by atoms with Gasteiger partial charge in [0.25, 0.3) is 0 Å². The highest BCUT2D eigenvalue weighted by molar-refractivity contribution is 5.91. The molecule has 0 aliphatic carbocycles. The molecule has 0 fully saturated rings. The van der Waals surface area contributed by atoms with Gasteiger partial charge < -0.3 is 37.4 Å². The number of aliphatic hydroxyl groups is 2. The first kappa shape index (κ1) is 20.2. The Morgan fingerprint density at radius 3 is 2.00 bits per heavy atom. The summed E-state index contributed by atoms with van der Waals surface area (Å²) in [4.78, 5) is 34.4. The van der Waals surface area contributed by atoms with E-state index in [2.05, 4.69) is 10.6 Å². The molecular weight excluding hydrogens is 296 g/mol. The third kappa shape index (κ3) is 7.31. The number of carboxylic acids is 1. The molecular formula is C12H24N4O6. The highest BCUT2D eigenvalue weighted by Gasteiger charge is 2.27. The molecule has 128 valence electrons. The Labute approximate surface area is 127 Å². The normalized spacial score (nSPS) is 14.7. The molecule has 0 bridgehead atoms. The summed E-state index contributed by atoms with van der Waals surface area (Å²) in [7, 11) is 0. The summed E-state index contributed by atoms with van der Waals surface area (Å²) in [5.41, 5.74) is 10.6. The fourth-order valence-electron chi connectivity index (χ4n) is 1.58. The summed E-state index contributed by atoms with van der Waals surface area (Å²) in [5, 5.41) is 31.3. The van der Waals surface area contributed by atoms with Crippen molar-refractivity contribution in [3.05, 3.63) is 0 Å². The van der Waals surface area contributed by atoms with E-state index in [1.54, 1.807) is 0 Å². The number of rotatable bonds is 11. The fraction of sp³-hybridized carbons (Fsp3) is 0.750. The predicted octanol–water partition coefficient (Wildman–Crippen LogP) is -3.52. The first-order valence-corrected chi connectivity index (χ1v) is 6.88. The Bertz CT molecular complexity index is 379. The Morgan fingerprint density at radius 1 is 0.955 bits per heavy atom. The maximum atomic E-state index is 11.9. The Hall–Kier alpha value is -1.75. The smallest absolute Gasteiger partial charge is 0.326 e. The van der Waals surface area contributed by atoms with Crippen molar-refractivity contribution in [2.24, 2.45) is 11.5 Å². The number of aliphatic carboxylic acids is 1. The third-order valence-electron chi connectivity index (χ3n) is 2.91. The molecule has 22 heavy (non-hydrogen) atoms. The summed E-state index contributed by atoms with van der Waals surface area (Å²) in [6.07, 6.45) is 1.31. The van der Waals surface area contributed by atoms with Crippen LogP contribution in [0.15, 0.2) is 0 Å². The molecule has 3 atom stereocenters. The van der Waals surface area contributed by atoms with Crippen molar-refractivity contribution < 1.29 is 29.7 Å².